The highest BCUT2D eigenvalue weighted by Gasteiger charge is 2.27. The van der Waals surface area contributed by atoms with Crippen LogP contribution in [0.3, 0.4) is 0 Å². The summed E-state index contributed by atoms with van der Waals surface area (Å²) in [6.45, 7) is 7.30. The van der Waals surface area contributed by atoms with Gasteiger partial charge in [-0.2, -0.15) is 0 Å². The molecule has 35 heavy (non-hydrogen) atoms. The van der Waals surface area contributed by atoms with Crippen LogP contribution >= 0.6 is 0 Å². The summed E-state index contributed by atoms with van der Waals surface area (Å²) in [5, 5.41) is 3.39. The largest absolute Gasteiger partial charge is 0.444 e. The molecule has 0 saturated heterocycles. The lowest BCUT2D eigenvalue weighted by molar-refractivity contribution is 0.0502. The molecule has 2 heterocycles. The van der Waals surface area contributed by atoms with Gasteiger partial charge in [0.15, 0.2) is 11.9 Å². The predicted molar refractivity (Wildman–Crippen MR) is 134 cm³/mol. The Morgan fingerprint density at radius 1 is 1.20 bits per heavy atom. The van der Waals surface area contributed by atoms with Crippen molar-refractivity contribution in [3.05, 3.63) is 65.5 Å². The van der Waals surface area contributed by atoms with Gasteiger partial charge in [0.05, 0.1) is 4.90 Å². The number of fused-ring (bicyclic) bond motifs is 1. The number of allylic oxidation sites excluding steroid dienone is 1. The van der Waals surface area contributed by atoms with Gasteiger partial charge in [-0.1, -0.05) is 23.8 Å². The Balaban J connectivity index is 1.72. The van der Waals surface area contributed by atoms with E-state index in [4.69, 9.17) is 4.74 Å². The van der Waals surface area contributed by atoms with Crippen molar-refractivity contribution >= 4 is 39.0 Å². The third-order valence-corrected chi connectivity index (χ3v) is 7.49. The van der Waals surface area contributed by atoms with Gasteiger partial charge in [-0.05, 0) is 76.3 Å². The number of alkyl carbamates (subject to hydrolysis) is 1. The standard InChI is InChI=1S/C26H29N3O5S/c1-17-8-10-21(11-9-17)35(32,33)29-15-19(16-30)23-22(12-13-27-24(23)29)18-6-5-7-20(14-18)28-25(31)34-26(2,3)4/h6,8-13,15-16,20H,5,7,14H2,1-4H3,(H,28,31). The maximum atomic E-state index is 13.4. The van der Waals surface area contributed by atoms with E-state index in [1.807, 2.05) is 27.7 Å². The summed E-state index contributed by atoms with van der Waals surface area (Å²) in [6, 6.07) is 8.16. The lowest BCUT2D eigenvalue weighted by Gasteiger charge is -2.26. The zero-order chi connectivity index (χ0) is 25.4. The number of rotatable bonds is 5. The van der Waals surface area contributed by atoms with Crippen molar-refractivity contribution in [3.8, 4) is 0 Å². The van der Waals surface area contributed by atoms with Gasteiger partial charge in [-0.15, -0.1) is 0 Å². The maximum absolute atomic E-state index is 13.4. The van der Waals surface area contributed by atoms with E-state index in [2.05, 4.69) is 16.4 Å². The van der Waals surface area contributed by atoms with Crippen LogP contribution in [0, 0.1) is 6.92 Å². The molecule has 1 atom stereocenters. The van der Waals surface area contributed by atoms with E-state index in [-0.39, 0.29) is 22.1 Å². The SMILES string of the molecule is Cc1ccc(S(=O)(=O)n2cc(C=O)c3c(C4=CCCC(NC(=O)OC(C)(C)C)C4)ccnc32)cc1. The summed E-state index contributed by atoms with van der Waals surface area (Å²) in [4.78, 5) is 28.7. The van der Waals surface area contributed by atoms with E-state index in [1.54, 1.807) is 24.4 Å². The Bertz CT molecular complexity index is 1410. The van der Waals surface area contributed by atoms with Crippen LogP contribution in [0.25, 0.3) is 16.6 Å². The first kappa shape index (κ1) is 24.7. The minimum absolute atomic E-state index is 0.114. The molecule has 0 bridgehead atoms. The Hall–Kier alpha value is -3.46. The second-order valence-corrected chi connectivity index (χ2v) is 11.5. The minimum Gasteiger partial charge on any atom is -0.444 e. The molecule has 0 spiro atoms. The number of hydrogen-bond acceptors (Lipinski definition) is 6. The first-order chi connectivity index (χ1) is 16.5. The van der Waals surface area contributed by atoms with Crippen LogP contribution < -0.4 is 5.32 Å². The highest BCUT2D eigenvalue weighted by molar-refractivity contribution is 7.90. The number of pyridine rings is 1. The molecule has 4 rings (SSSR count). The Morgan fingerprint density at radius 3 is 2.57 bits per heavy atom. The molecule has 3 aromatic rings. The first-order valence-corrected chi connectivity index (χ1v) is 12.9. The molecule has 8 nitrogen and oxygen atoms in total. The topological polar surface area (TPSA) is 107 Å². The fourth-order valence-electron chi connectivity index (χ4n) is 4.25. The third kappa shape index (κ3) is 5.14. The molecule has 9 heteroatoms. The molecule has 184 valence electrons. The molecule has 2 aromatic heterocycles. The number of carbonyl (C=O) groups excluding carboxylic acids is 2. The van der Waals surface area contributed by atoms with Crippen LogP contribution in [0.2, 0.25) is 0 Å². The number of aldehydes is 1. The lowest BCUT2D eigenvalue weighted by atomic mass is 9.89. The van der Waals surface area contributed by atoms with Crippen molar-refractivity contribution in [1.82, 2.24) is 14.3 Å². The monoisotopic (exact) mass is 495 g/mol. The molecule has 0 fully saturated rings. The molecular weight excluding hydrogens is 466 g/mol. The van der Waals surface area contributed by atoms with Crippen molar-refractivity contribution in [2.24, 2.45) is 0 Å². The van der Waals surface area contributed by atoms with Gasteiger partial charge < -0.3 is 10.1 Å². The van der Waals surface area contributed by atoms with Crippen LogP contribution in [0.4, 0.5) is 4.79 Å². The quantitative estimate of drug-likeness (QED) is 0.507. The van der Waals surface area contributed by atoms with Gasteiger partial charge in [-0.3, -0.25) is 4.79 Å². The number of nitrogens with one attached hydrogen (secondary N) is 1. The minimum atomic E-state index is -3.96. The molecule has 1 unspecified atom stereocenters. The molecule has 0 saturated carbocycles. The highest BCUT2D eigenvalue weighted by atomic mass is 32.2. The van der Waals surface area contributed by atoms with E-state index in [0.29, 0.717) is 18.1 Å². The number of hydrogen-bond donors (Lipinski definition) is 1. The van der Waals surface area contributed by atoms with Crippen molar-refractivity contribution in [2.75, 3.05) is 0 Å². The number of aromatic nitrogens is 2. The van der Waals surface area contributed by atoms with Gasteiger partial charge in [-0.25, -0.2) is 22.2 Å². The zero-order valence-corrected chi connectivity index (χ0v) is 21.1. The van der Waals surface area contributed by atoms with Gasteiger partial charge in [0.25, 0.3) is 10.0 Å². The van der Waals surface area contributed by atoms with Gasteiger partial charge in [0, 0.05) is 29.4 Å². The second kappa shape index (κ2) is 9.30. The Labute approximate surface area is 205 Å². The maximum Gasteiger partial charge on any atom is 0.407 e. The number of amides is 1. The Morgan fingerprint density at radius 2 is 1.91 bits per heavy atom. The zero-order valence-electron chi connectivity index (χ0n) is 20.2. The van der Waals surface area contributed by atoms with Crippen molar-refractivity contribution in [3.63, 3.8) is 0 Å². The summed E-state index contributed by atoms with van der Waals surface area (Å²) in [7, 11) is -3.96. The smallest absolute Gasteiger partial charge is 0.407 e. The summed E-state index contributed by atoms with van der Waals surface area (Å²) < 4.78 is 33.2. The molecular formula is C26H29N3O5S. The molecule has 1 aliphatic carbocycles. The van der Waals surface area contributed by atoms with Crippen LogP contribution in [0.5, 0.6) is 0 Å². The van der Waals surface area contributed by atoms with Crippen molar-refractivity contribution < 1.29 is 22.7 Å². The van der Waals surface area contributed by atoms with E-state index >= 15 is 0 Å². The van der Waals surface area contributed by atoms with E-state index in [1.165, 1.54) is 18.3 Å². The fraction of sp³-hybridized carbons (Fsp3) is 0.346. The fourth-order valence-corrected chi connectivity index (χ4v) is 5.57. The average Bonchev–Trinajstić information content (AvgIpc) is 3.18. The number of carbonyl (C=O) groups is 2. The number of nitrogens with zero attached hydrogens (tertiary/aromatic N) is 2. The summed E-state index contributed by atoms with van der Waals surface area (Å²) in [6.07, 6.45) is 7.08. The molecule has 1 aliphatic rings. The number of aryl methyl sites for hydroxylation is 1. The summed E-state index contributed by atoms with van der Waals surface area (Å²) >= 11 is 0. The lowest BCUT2D eigenvalue weighted by Crippen LogP contribution is -2.39. The molecule has 1 aromatic carbocycles. The van der Waals surface area contributed by atoms with E-state index in [0.717, 1.165) is 33.5 Å². The molecule has 1 N–H and O–H groups in total. The van der Waals surface area contributed by atoms with Crippen molar-refractivity contribution in [1.29, 1.82) is 0 Å². The van der Waals surface area contributed by atoms with Gasteiger partial charge in [0.1, 0.15) is 5.60 Å². The van der Waals surface area contributed by atoms with Crippen molar-refractivity contribution in [2.45, 2.75) is 63.5 Å². The molecule has 1 amide bonds. The molecule has 0 radical (unpaired) electrons. The van der Waals surface area contributed by atoms with Crippen LogP contribution in [-0.2, 0) is 14.8 Å². The van der Waals surface area contributed by atoms with E-state index in [9.17, 15) is 18.0 Å². The average molecular weight is 496 g/mol. The molecule has 0 aliphatic heterocycles. The highest BCUT2D eigenvalue weighted by Crippen LogP contribution is 2.34. The van der Waals surface area contributed by atoms with Crippen LogP contribution in [-0.4, -0.2) is 41.4 Å². The van der Waals surface area contributed by atoms with Crippen LogP contribution in [0.15, 0.2) is 53.7 Å². The predicted octanol–water partition coefficient (Wildman–Crippen LogP) is 4.85. The second-order valence-electron chi connectivity index (χ2n) is 9.73. The normalized spacial score (nSPS) is 16.6. The number of benzene rings is 1. The van der Waals surface area contributed by atoms with E-state index < -0.39 is 21.7 Å². The van der Waals surface area contributed by atoms with Crippen LogP contribution in [0.1, 0.15) is 61.5 Å². The summed E-state index contributed by atoms with van der Waals surface area (Å²) in [5.74, 6) is 0. The third-order valence-electron chi connectivity index (χ3n) is 5.83. The summed E-state index contributed by atoms with van der Waals surface area (Å²) in [5.41, 5.74) is 2.41. The van der Waals surface area contributed by atoms with Gasteiger partial charge >= 0.3 is 6.09 Å². The Kier molecular flexibility index (Phi) is 6.55. The van der Waals surface area contributed by atoms with Gasteiger partial charge in [0.2, 0.25) is 0 Å². The number of ether oxygens (including phenoxy) is 1. The first-order valence-electron chi connectivity index (χ1n) is 11.5.